The Bertz CT molecular complexity index is 1430. The molecule has 1 saturated heterocycles. The molecular formula is C24H12Cl4F2N2O3. The Balaban J connectivity index is 1.65. The van der Waals surface area contributed by atoms with E-state index in [2.05, 4.69) is 0 Å². The number of carbonyl (C=O) groups is 3. The van der Waals surface area contributed by atoms with Crippen molar-refractivity contribution in [1.29, 1.82) is 0 Å². The lowest BCUT2D eigenvalue weighted by Gasteiger charge is -2.49. The highest BCUT2D eigenvalue weighted by molar-refractivity contribution is 6.55. The quantitative estimate of drug-likeness (QED) is 0.157. The molecule has 2 aliphatic rings. The number of halogens is 6. The first-order chi connectivity index (χ1) is 16.5. The summed E-state index contributed by atoms with van der Waals surface area (Å²) < 4.78 is 28.4. The number of carbonyl (C=O) groups excluding carboxylic acids is 3. The molecule has 5 rings (SSSR count). The van der Waals surface area contributed by atoms with Gasteiger partial charge in [0.15, 0.2) is 0 Å². The highest BCUT2D eigenvalue weighted by atomic mass is 35.5. The van der Waals surface area contributed by atoms with Gasteiger partial charge in [-0.2, -0.15) is 0 Å². The molecule has 0 bridgehead atoms. The largest absolute Gasteiger partial charge is 0.300 e. The number of benzene rings is 3. The van der Waals surface area contributed by atoms with E-state index in [0.717, 1.165) is 6.07 Å². The number of rotatable bonds is 3. The van der Waals surface area contributed by atoms with E-state index in [1.54, 1.807) is 6.92 Å². The summed E-state index contributed by atoms with van der Waals surface area (Å²) in [7, 11) is 0. The molecule has 1 fully saturated rings. The van der Waals surface area contributed by atoms with Crippen LogP contribution in [0.3, 0.4) is 0 Å². The topological polar surface area (TPSA) is 57.7 Å². The number of amides is 3. The zero-order valence-electron chi connectivity index (χ0n) is 17.6. The van der Waals surface area contributed by atoms with Crippen LogP contribution in [-0.2, 0) is 4.79 Å². The number of anilines is 1. The first-order valence-corrected chi connectivity index (χ1v) is 11.6. The van der Waals surface area contributed by atoms with Gasteiger partial charge in [0.1, 0.15) is 17.7 Å². The molecule has 0 spiro atoms. The summed E-state index contributed by atoms with van der Waals surface area (Å²) in [5.41, 5.74) is 0.283. The van der Waals surface area contributed by atoms with E-state index in [1.807, 2.05) is 0 Å². The average molecular weight is 556 g/mol. The molecule has 0 saturated carbocycles. The monoisotopic (exact) mass is 554 g/mol. The Kier molecular flexibility index (Phi) is 5.79. The molecule has 5 nitrogen and oxygen atoms in total. The van der Waals surface area contributed by atoms with E-state index in [0.29, 0.717) is 16.0 Å². The van der Waals surface area contributed by atoms with Crippen LogP contribution >= 0.6 is 46.4 Å². The smallest absolute Gasteiger partial charge is 0.264 e. The average Bonchev–Trinajstić information content (AvgIpc) is 3.07. The molecule has 35 heavy (non-hydrogen) atoms. The highest BCUT2D eigenvalue weighted by Gasteiger charge is 2.58. The second-order valence-electron chi connectivity index (χ2n) is 8.07. The van der Waals surface area contributed by atoms with E-state index >= 15 is 0 Å². The number of imide groups is 1. The van der Waals surface area contributed by atoms with Crippen molar-refractivity contribution in [3.05, 3.63) is 96.4 Å². The van der Waals surface area contributed by atoms with Gasteiger partial charge in [-0.3, -0.25) is 19.3 Å². The lowest BCUT2D eigenvalue weighted by atomic mass is 9.86. The maximum Gasteiger partial charge on any atom is 0.264 e. The lowest BCUT2D eigenvalue weighted by Crippen LogP contribution is -2.67. The Labute approximate surface area is 217 Å². The number of β-lactam (4-membered cyclic amide) rings is 1. The lowest BCUT2D eigenvalue weighted by molar-refractivity contribution is -0.130. The van der Waals surface area contributed by atoms with E-state index < -0.39 is 41.4 Å². The molecule has 2 atom stereocenters. The fourth-order valence-electron chi connectivity index (χ4n) is 4.39. The molecule has 0 radical (unpaired) electrons. The fraction of sp³-hybridized carbons (Fsp3) is 0.125. The minimum Gasteiger partial charge on any atom is -0.300 e. The van der Waals surface area contributed by atoms with Gasteiger partial charge in [-0.15, -0.1) is 0 Å². The van der Waals surface area contributed by atoms with E-state index in [-0.39, 0.29) is 36.9 Å². The van der Waals surface area contributed by atoms with E-state index in [4.69, 9.17) is 46.4 Å². The van der Waals surface area contributed by atoms with Crippen LogP contribution in [0.2, 0.25) is 20.1 Å². The van der Waals surface area contributed by atoms with Crippen molar-refractivity contribution < 1.29 is 23.2 Å². The molecule has 11 heteroatoms. The summed E-state index contributed by atoms with van der Waals surface area (Å²) >= 11 is 24.6. The van der Waals surface area contributed by atoms with Crippen LogP contribution in [0, 0.1) is 18.6 Å². The summed E-state index contributed by atoms with van der Waals surface area (Å²) in [6.07, 6.45) is 0. The summed E-state index contributed by atoms with van der Waals surface area (Å²) in [5.74, 6) is -3.63. The van der Waals surface area contributed by atoms with Crippen LogP contribution in [0.15, 0.2) is 42.5 Å². The second kappa shape index (κ2) is 8.45. The molecule has 3 aromatic carbocycles. The Morgan fingerprint density at radius 2 is 1.34 bits per heavy atom. The van der Waals surface area contributed by atoms with Crippen molar-refractivity contribution in [3.63, 3.8) is 0 Å². The van der Waals surface area contributed by atoms with Crippen molar-refractivity contribution in [2.24, 2.45) is 0 Å². The molecule has 3 amide bonds. The van der Waals surface area contributed by atoms with Gasteiger partial charge in [-0.25, -0.2) is 8.78 Å². The van der Waals surface area contributed by atoms with Crippen LogP contribution in [0.4, 0.5) is 14.5 Å². The molecule has 2 heterocycles. The first-order valence-electron chi connectivity index (χ1n) is 10.1. The zero-order chi connectivity index (χ0) is 25.3. The van der Waals surface area contributed by atoms with Crippen LogP contribution < -0.4 is 4.90 Å². The number of hydrogen-bond donors (Lipinski definition) is 0. The molecular weight excluding hydrogens is 544 g/mol. The number of aryl methyl sites for hydroxylation is 1. The summed E-state index contributed by atoms with van der Waals surface area (Å²) in [5, 5.41) is -0.969. The second-order valence-corrected chi connectivity index (χ2v) is 9.58. The van der Waals surface area contributed by atoms with Gasteiger partial charge in [0.2, 0.25) is 0 Å². The van der Waals surface area contributed by atoms with Crippen molar-refractivity contribution in [1.82, 2.24) is 4.90 Å². The normalized spacial score (nSPS) is 19.3. The van der Waals surface area contributed by atoms with Crippen molar-refractivity contribution in [2.75, 3.05) is 4.90 Å². The molecule has 0 unspecified atom stereocenters. The Morgan fingerprint density at radius 3 is 1.89 bits per heavy atom. The standard InChI is InChI=1S/C24H12Cl4F2N2O3/c1-9-5-6-12(8-13(9)30)31-20(10-3-2-4-11(29)7-10)21(24(31)35)32-22(33)14-15(23(32)34)17(26)19(28)18(27)16(14)25/h2-8,20-21H,1H3/t20-,21+/m0/s1. The highest BCUT2D eigenvalue weighted by Crippen LogP contribution is 2.49. The van der Waals surface area contributed by atoms with Gasteiger partial charge in [-0.1, -0.05) is 64.6 Å². The molecule has 0 N–H and O–H groups in total. The van der Waals surface area contributed by atoms with Crippen molar-refractivity contribution in [2.45, 2.75) is 19.0 Å². The zero-order valence-corrected chi connectivity index (χ0v) is 20.6. The Morgan fingerprint density at radius 1 is 0.743 bits per heavy atom. The third-order valence-electron chi connectivity index (χ3n) is 6.10. The predicted octanol–water partition coefficient (Wildman–Crippen LogP) is 6.64. The minimum absolute atomic E-state index is 0.183. The van der Waals surface area contributed by atoms with Crippen LogP contribution in [-0.4, -0.2) is 28.7 Å². The maximum atomic E-state index is 14.3. The number of hydrogen-bond acceptors (Lipinski definition) is 3. The SMILES string of the molecule is Cc1ccc(N2C(=O)[C@H](N3C(=O)c4c(Cl)c(Cl)c(Cl)c(Cl)c4C3=O)[C@@H]2c2cccc(F)c2)cc1F. The van der Waals surface area contributed by atoms with Crippen molar-refractivity contribution in [3.8, 4) is 0 Å². The van der Waals surface area contributed by atoms with E-state index in [1.165, 1.54) is 41.3 Å². The summed E-state index contributed by atoms with van der Waals surface area (Å²) in [4.78, 5) is 42.1. The molecule has 3 aromatic rings. The minimum atomic E-state index is -1.38. The maximum absolute atomic E-state index is 14.3. The van der Waals surface area contributed by atoms with Crippen LogP contribution in [0.1, 0.15) is 37.9 Å². The van der Waals surface area contributed by atoms with Crippen molar-refractivity contribution >= 4 is 69.8 Å². The molecule has 0 aromatic heterocycles. The van der Waals surface area contributed by atoms with Gasteiger partial charge in [0.25, 0.3) is 17.7 Å². The fourth-order valence-corrected chi connectivity index (χ4v) is 5.40. The van der Waals surface area contributed by atoms with Gasteiger partial charge >= 0.3 is 0 Å². The van der Waals surface area contributed by atoms with E-state index in [9.17, 15) is 23.2 Å². The predicted molar refractivity (Wildman–Crippen MR) is 129 cm³/mol. The summed E-state index contributed by atoms with van der Waals surface area (Å²) in [6.45, 7) is 1.56. The third kappa shape index (κ3) is 3.44. The van der Waals surface area contributed by atoms with Gasteiger partial charge < -0.3 is 4.90 Å². The third-order valence-corrected chi connectivity index (χ3v) is 7.90. The molecule has 0 aliphatic carbocycles. The van der Waals surface area contributed by atoms with Gasteiger partial charge in [-0.05, 0) is 42.3 Å². The first kappa shape index (κ1) is 24.0. The van der Waals surface area contributed by atoms with Crippen LogP contribution in [0.5, 0.6) is 0 Å². The number of nitrogens with zero attached hydrogens (tertiary/aromatic N) is 2. The van der Waals surface area contributed by atoms with Gasteiger partial charge in [0, 0.05) is 5.69 Å². The van der Waals surface area contributed by atoms with Gasteiger partial charge in [0.05, 0.1) is 37.3 Å². The number of fused-ring (bicyclic) bond motifs is 1. The molecule has 2 aliphatic heterocycles. The van der Waals surface area contributed by atoms with Crippen LogP contribution in [0.25, 0.3) is 0 Å². The summed E-state index contributed by atoms with van der Waals surface area (Å²) in [6, 6.07) is 7.13. The Hall–Kier alpha value is -2.71. The molecule has 178 valence electrons.